The molecule has 1 atom stereocenters. The predicted octanol–water partition coefficient (Wildman–Crippen LogP) is 1.42. The lowest BCUT2D eigenvalue weighted by Crippen LogP contribution is -2.22. The molecule has 0 amide bonds. The Labute approximate surface area is 102 Å². The highest BCUT2D eigenvalue weighted by Crippen LogP contribution is 2.36. The number of likely N-dealkylation sites (tertiary alicyclic amines) is 1. The maximum atomic E-state index is 8.96. The van der Waals surface area contributed by atoms with Crippen LogP contribution >= 0.6 is 0 Å². The highest BCUT2D eigenvalue weighted by atomic mass is 16.3. The lowest BCUT2D eigenvalue weighted by atomic mass is 10.1. The van der Waals surface area contributed by atoms with E-state index in [1.54, 1.807) is 0 Å². The Bertz CT molecular complexity index is 372. The van der Waals surface area contributed by atoms with Crippen LogP contribution in [0.4, 0.5) is 0 Å². The van der Waals surface area contributed by atoms with Crippen LogP contribution in [-0.4, -0.2) is 39.3 Å². The van der Waals surface area contributed by atoms with Gasteiger partial charge in [-0.3, -0.25) is 4.90 Å². The average Bonchev–Trinajstić information content (AvgIpc) is 2.91. The van der Waals surface area contributed by atoms with Crippen molar-refractivity contribution in [2.75, 3.05) is 19.7 Å². The molecule has 1 aromatic rings. The zero-order chi connectivity index (χ0) is 11.7. The molecule has 3 rings (SSSR count). The zero-order valence-corrected chi connectivity index (χ0v) is 10.3. The Hall–Kier alpha value is -0.870. The summed E-state index contributed by atoms with van der Waals surface area (Å²) in [5, 5.41) is 8.96. The van der Waals surface area contributed by atoms with Crippen LogP contribution < -0.4 is 0 Å². The Morgan fingerprint density at radius 2 is 2.24 bits per heavy atom. The van der Waals surface area contributed by atoms with Crippen molar-refractivity contribution in [3.05, 3.63) is 18.2 Å². The van der Waals surface area contributed by atoms with Crippen LogP contribution in [0.3, 0.4) is 0 Å². The minimum absolute atomic E-state index is 0.332. The van der Waals surface area contributed by atoms with E-state index >= 15 is 0 Å². The molecule has 1 saturated heterocycles. The molecule has 17 heavy (non-hydrogen) atoms. The Morgan fingerprint density at radius 1 is 1.35 bits per heavy atom. The van der Waals surface area contributed by atoms with Crippen molar-refractivity contribution >= 4 is 0 Å². The summed E-state index contributed by atoms with van der Waals surface area (Å²) in [4.78, 5) is 6.77. The molecular formula is C13H21N3O. The van der Waals surface area contributed by atoms with Gasteiger partial charge < -0.3 is 9.67 Å². The van der Waals surface area contributed by atoms with Crippen molar-refractivity contribution in [2.24, 2.45) is 5.92 Å². The standard InChI is InChI=1S/C13H21N3O/c17-6-4-11-3-5-15(8-11)9-13-7-14-10-16(13)12-1-2-12/h7,10-12,17H,1-6,8-9H2. The van der Waals surface area contributed by atoms with Gasteiger partial charge in [-0.1, -0.05) is 0 Å². The summed E-state index contributed by atoms with van der Waals surface area (Å²) in [5.74, 6) is 0.692. The van der Waals surface area contributed by atoms with Crippen molar-refractivity contribution in [2.45, 2.75) is 38.3 Å². The lowest BCUT2D eigenvalue weighted by Gasteiger charge is -2.16. The predicted molar refractivity (Wildman–Crippen MR) is 65.6 cm³/mol. The molecule has 1 unspecified atom stereocenters. The number of hydrogen-bond acceptors (Lipinski definition) is 3. The summed E-state index contributed by atoms with van der Waals surface area (Å²) in [6.45, 7) is 3.66. The molecule has 1 aromatic heterocycles. The van der Waals surface area contributed by atoms with Gasteiger partial charge >= 0.3 is 0 Å². The molecule has 1 N–H and O–H groups in total. The van der Waals surface area contributed by atoms with Crippen LogP contribution in [0.25, 0.3) is 0 Å². The van der Waals surface area contributed by atoms with Gasteiger partial charge in [-0.25, -0.2) is 4.98 Å². The first kappa shape index (κ1) is 11.2. The third-order valence-electron chi connectivity index (χ3n) is 3.98. The minimum atomic E-state index is 0.332. The van der Waals surface area contributed by atoms with Crippen LogP contribution in [0.5, 0.6) is 0 Å². The summed E-state index contributed by atoms with van der Waals surface area (Å²) in [7, 11) is 0. The van der Waals surface area contributed by atoms with Crippen LogP contribution in [0.2, 0.25) is 0 Å². The van der Waals surface area contributed by atoms with E-state index in [0.29, 0.717) is 12.5 Å². The van der Waals surface area contributed by atoms with Crippen molar-refractivity contribution in [3.63, 3.8) is 0 Å². The van der Waals surface area contributed by atoms with E-state index < -0.39 is 0 Å². The summed E-state index contributed by atoms with van der Waals surface area (Å²) >= 11 is 0. The van der Waals surface area contributed by atoms with Gasteiger partial charge in [0.2, 0.25) is 0 Å². The van der Waals surface area contributed by atoms with Crippen LogP contribution in [0, 0.1) is 5.92 Å². The maximum absolute atomic E-state index is 8.96. The molecule has 94 valence electrons. The number of nitrogens with zero attached hydrogens (tertiary/aromatic N) is 3. The molecule has 2 aliphatic rings. The first-order chi connectivity index (χ1) is 8.36. The molecule has 4 heteroatoms. The first-order valence-electron chi connectivity index (χ1n) is 6.70. The normalized spacial score (nSPS) is 25.6. The Balaban J connectivity index is 1.58. The molecule has 0 radical (unpaired) electrons. The van der Waals surface area contributed by atoms with Crippen molar-refractivity contribution in [3.8, 4) is 0 Å². The van der Waals surface area contributed by atoms with Gasteiger partial charge in [0.1, 0.15) is 0 Å². The zero-order valence-electron chi connectivity index (χ0n) is 10.3. The molecule has 1 saturated carbocycles. The van der Waals surface area contributed by atoms with Crippen molar-refractivity contribution in [1.29, 1.82) is 0 Å². The van der Waals surface area contributed by atoms with Crippen LogP contribution in [0.1, 0.15) is 37.4 Å². The second kappa shape index (κ2) is 4.78. The second-order valence-electron chi connectivity index (χ2n) is 5.43. The minimum Gasteiger partial charge on any atom is -0.396 e. The smallest absolute Gasteiger partial charge is 0.0951 e. The van der Waals surface area contributed by atoms with Crippen LogP contribution in [-0.2, 0) is 6.54 Å². The fourth-order valence-electron chi connectivity index (χ4n) is 2.84. The van der Waals surface area contributed by atoms with Crippen molar-refractivity contribution < 1.29 is 5.11 Å². The number of aliphatic hydroxyl groups excluding tert-OH is 1. The summed E-state index contributed by atoms with van der Waals surface area (Å²) in [6, 6.07) is 0.725. The third-order valence-corrected chi connectivity index (χ3v) is 3.98. The molecule has 0 aromatic carbocycles. The number of aromatic nitrogens is 2. The second-order valence-corrected chi connectivity index (χ2v) is 5.43. The monoisotopic (exact) mass is 235 g/mol. The summed E-state index contributed by atoms with van der Waals surface area (Å²) in [6.07, 6.45) is 8.81. The highest BCUT2D eigenvalue weighted by Gasteiger charge is 2.27. The molecule has 1 aliphatic carbocycles. The summed E-state index contributed by atoms with van der Waals surface area (Å²) in [5.41, 5.74) is 1.36. The number of rotatable bonds is 5. The van der Waals surface area contributed by atoms with Crippen LogP contribution in [0.15, 0.2) is 12.5 Å². The SMILES string of the molecule is OCCC1CCN(Cc2cncn2C2CC2)C1. The third kappa shape index (κ3) is 2.53. The van der Waals surface area contributed by atoms with Gasteiger partial charge in [-0.15, -0.1) is 0 Å². The van der Waals surface area contributed by atoms with E-state index in [1.807, 2.05) is 12.5 Å². The highest BCUT2D eigenvalue weighted by molar-refractivity contribution is 5.04. The number of aliphatic hydroxyl groups is 1. The fraction of sp³-hybridized carbons (Fsp3) is 0.769. The van der Waals surface area contributed by atoms with E-state index in [4.69, 9.17) is 5.11 Å². The van der Waals surface area contributed by atoms with Crippen molar-refractivity contribution in [1.82, 2.24) is 14.5 Å². The Kier molecular flexibility index (Phi) is 3.16. The fourth-order valence-corrected chi connectivity index (χ4v) is 2.84. The summed E-state index contributed by atoms with van der Waals surface area (Å²) < 4.78 is 2.35. The van der Waals surface area contributed by atoms with Gasteiger partial charge in [0.15, 0.2) is 0 Å². The Morgan fingerprint density at radius 3 is 3.00 bits per heavy atom. The van der Waals surface area contributed by atoms with Gasteiger partial charge in [0.25, 0.3) is 0 Å². The van der Waals surface area contributed by atoms with E-state index in [-0.39, 0.29) is 0 Å². The van der Waals surface area contributed by atoms with Gasteiger partial charge in [-0.05, 0) is 38.1 Å². The van der Waals surface area contributed by atoms with Gasteiger partial charge in [0.05, 0.1) is 12.0 Å². The largest absolute Gasteiger partial charge is 0.396 e. The molecule has 2 fully saturated rings. The molecule has 2 heterocycles. The molecular weight excluding hydrogens is 214 g/mol. The van der Waals surface area contributed by atoms with E-state index in [9.17, 15) is 0 Å². The molecule has 4 nitrogen and oxygen atoms in total. The number of imidazole rings is 1. The van der Waals surface area contributed by atoms with E-state index in [1.165, 1.54) is 31.5 Å². The molecule has 0 bridgehead atoms. The topological polar surface area (TPSA) is 41.3 Å². The molecule has 1 aliphatic heterocycles. The van der Waals surface area contributed by atoms with Gasteiger partial charge in [0, 0.05) is 31.9 Å². The van der Waals surface area contributed by atoms with E-state index in [2.05, 4.69) is 14.5 Å². The maximum Gasteiger partial charge on any atom is 0.0951 e. The average molecular weight is 235 g/mol. The quantitative estimate of drug-likeness (QED) is 0.839. The first-order valence-corrected chi connectivity index (χ1v) is 6.70. The molecule has 0 spiro atoms. The lowest BCUT2D eigenvalue weighted by molar-refractivity contribution is 0.248. The van der Waals surface area contributed by atoms with E-state index in [0.717, 1.165) is 25.6 Å². The number of hydrogen-bond donors (Lipinski definition) is 1. The van der Waals surface area contributed by atoms with Gasteiger partial charge in [-0.2, -0.15) is 0 Å².